The Morgan fingerprint density at radius 3 is 2.52 bits per heavy atom. The van der Waals surface area contributed by atoms with Crippen LogP contribution in [-0.4, -0.2) is 56.7 Å². The smallest absolute Gasteiger partial charge is 0.239 e. The number of hydrogen-bond donors (Lipinski definition) is 2. The van der Waals surface area contributed by atoms with Crippen LogP contribution in [0.15, 0.2) is 0 Å². The van der Waals surface area contributed by atoms with Gasteiger partial charge in [0.05, 0.1) is 11.8 Å². The second-order valence-electron chi connectivity index (χ2n) is 6.04. The maximum atomic E-state index is 12.4. The molecule has 0 aromatic carbocycles. The Balaban J connectivity index is 1.78. The lowest BCUT2D eigenvalue weighted by atomic mass is 10.0. The van der Waals surface area contributed by atoms with E-state index >= 15 is 0 Å². The lowest BCUT2D eigenvalue weighted by Crippen LogP contribution is -2.53. The Labute approximate surface area is 127 Å². The van der Waals surface area contributed by atoms with Crippen molar-refractivity contribution in [1.82, 2.24) is 14.9 Å². The molecule has 1 amide bonds. The van der Waals surface area contributed by atoms with Gasteiger partial charge in [0, 0.05) is 19.1 Å². The quantitative estimate of drug-likeness (QED) is 0.772. The second-order valence-corrected chi connectivity index (χ2v) is 7.91. The van der Waals surface area contributed by atoms with Gasteiger partial charge in [-0.3, -0.25) is 4.79 Å². The van der Waals surface area contributed by atoms with Crippen LogP contribution < -0.4 is 10.0 Å². The van der Waals surface area contributed by atoms with Gasteiger partial charge < -0.3 is 10.2 Å². The molecule has 2 N–H and O–H groups in total. The summed E-state index contributed by atoms with van der Waals surface area (Å²) in [4.78, 5) is 14.3. The molecule has 2 aliphatic heterocycles. The SMILES string of the molecule is CCCS(=O)(=O)NC1CCN(C(=O)C2CCCCN2)CC1. The van der Waals surface area contributed by atoms with Gasteiger partial charge in [-0.2, -0.15) is 0 Å². The van der Waals surface area contributed by atoms with Crippen molar-refractivity contribution in [2.75, 3.05) is 25.4 Å². The molecule has 2 aliphatic rings. The molecule has 0 aromatic heterocycles. The molecule has 2 fully saturated rings. The van der Waals surface area contributed by atoms with E-state index in [4.69, 9.17) is 0 Å². The van der Waals surface area contributed by atoms with E-state index in [0.29, 0.717) is 32.4 Å². The van der Waals surface area contributed by atoms with Crippen molar-refractivity contribution in [3.8, 4) is 0 Å². The molecule has 21 heavy (non-hydrogen) atoms. The van der Waals surface area contributed by atoms with Crippen LogP contribution in [0.1, 0.15) is 45.4 Å². The van der Waals surface area contributed by atoms with Crippen LogP contribution in [0.25, 0.3) is 0 Å². The Kier molecular flexibility index (Phi) is 6.01. The van der Waals surface area contributed by atoms with Gasteiger partial charge in [0.25, 0.3) is 0 Å². The normalized spacial score (nSPS) is 25.0. The minimum atomic E-state index is -3.16. The fraction of sp³-hybridized carbons (Fsp3) is 0.929. The van der Waals surface area contributed by atoms with Crippen molar-refractivity contribution in [2.24, 2.45) is 0 Å². The number of hydrogen-bond acceptors (Lipinski definition) is 4. The van der Waals surface area contributed by atoms with Crippen LogP contribution in [0.4, 0.5) is 0 Å². The van der Waals surface area contributed by atoms with E-state index in [1.165, 1.54) is 0 Å². The number of nitrogens with zero attached hydrogens (tertiary/aromatic N) is 1. The Morgan fingerprint density at radius 2 is 1.95 bits per heavy atom. The van der Waals surface area contributed by atoms with Gasteiger partial charge in [0.15, 0.2) is 0 Å². The molecule has 6 nitrogen and oxygen atoms in total. The summed E-state index contributed by atoms with van der Waals surface area (Å²) >= 11 is 0. The lowest BCUT2D eigenvalue weighted by molar-refractivity contribution is -0.135. The van der Waals surface area contributed by atoms with Crippen LogP contribution in [0.2, 0.25) is 0 Å². The molecule has 0 spiro atoms. The topological polar surface area (TPSA) is 78.5 Å². The molecule has 7 heteroatoms. The summed E-state index contributed by atoms with van der Waals surface area (Å²) in [7, 11) is -3.16. The van der Waals surface area contributed by atoms with E-state index in [9.17, 15) is 13.2 Å². The van der Waals surface area contributed by atoms with Crippen molar-refractivity contribution < 1.29 is 13.2 Å². The number of carbonyl (C=O) groups excluding carboxylic acids is 1. The summed E-state index contributed by atoms with van der Waals surface area (Å²) < 4.78 is 26.3. The molecular formula is C14H27N3O3S. The maximum Gasteiger partial charge on any atom is 0.239 e. The predicted molar refractivity (Wildman–Crippen MR) is 82.5 cm³/mol. The Hall–Kier alpha value is -0.660. The zero-order chi connectivity index (χ0) is 15.3. The fourth-order valence-electron chi connectivity index (χ4n) is 3.08. The third-order valence-electron chi connectivity index (χ3n) is 4.23. The summed E-state index contributed by atoms with van der Waals surface area (Å²) in [5, 5.41) is 3.28. The van der Waals surface area contributed by atoms with Crippen molar-refractivity contribution >= 4 is 15.9 Å². The number of nitrogens with one attached hydrogen (secondary N) is 2. The molecule has 2 saturated heterocycles. The highest BCUT2D eigenvalue weighted by atomic mass is 32.2. The van der Waals surface area contributed by atoms with Crippen LogP contribution in [0, 0.1) is 0 Å². The number of amides is 1. The zero-order valence-electron chi connectivity index (χ0n) is 12.8. The van der Waals surface area contributed by atoms with Gasteiger partial charge >= 0.3 is 0 Å². The van der Waals surface area contributed by atoms with E-state index < -0.39 is 10.0 Å². The Morgan fingerprint density at radius 1 is 1.24 bits per heavy atom. The minimum Gasteiger partial charge on any atom is -0.341 e. The van der Waals surface area contributed by atoms with Gasteiger partial charge in [-0.25, -0.2) is 13.1 Å². The first-order chi connectivity index (χ1) is 10.0. The highest BCUT2D eigenvalue weighted by molar-refractivity contribution is 7.89. The van der Waals surface area contributed by atoms with Crippen molar-refractivity contribution in [3.63, 3.8) is 0 Å². The minimum absolute atomic E-state index is 0.0232. The standard InChI is InChI=1S/C14H27N3O3S/c1-2-11-21(19,20)16-12-6-9-17(10-7-12)14(18)13-5-3-4-8-15-13/h12-13,15-16H,2-11H2,1H3. The van der Waals surface area contributed by atoms with Crippen molar-refractivity contribution in [1.29, 1.82) is 0 Å². The van der Waals surface area contributed by atoms with Gasteiger partial charge in [0.2, 0.25) is 15.9 Å². The molecule has 2 rings (SSSR count). The number of sulfonamides is 1. The number of carbonyl (C=O) groups is 1. The van der Waals surface area contributed by atoms with Crippen LogP contribution >= 0.6 is 0 Å². The average molecular weight is 317 g/mol. The van der Waals surface area contributed by atoms with Gasteiger partial charge in [-0.15, -0.1) is 0 Å². The van der Waals surface area contributed by atoms with Gasteiger partial charge in [-0.1, -0.05) is 13.3 Å². The summed E-state index contributed by atoms with van der Waals surface area (Å²) in [5.41, 5.74) is 0. The predicted octanol–water partition coefficient (Wildman–Crippen LogP) is 0.449. The molecule has 0 aromatic rings. The molecule has 1 atom stereocenters. The molecule has 1 unspecified atom stereocenters. The van der Waals surface area contributed by atoms with E-state index in [0.717, 1.165) is 25.8 Å². The summed E-state index contributed by atoms with van der Waals surface area (Å²) in [6, 6.07) is -0.0583. The van der Waals surface area contributed by atoms with Crippen LogP contribution in [-0.2, 0) is 14.8 Å². The fourth-order valence-corrected chi connectivity index (χ4v) is 4.48. The molecular weight excluding hydrogens is 290 g/mol. The van der Waals surface area contributed by atoms with Crippen LogP contribution in [0.5, 0.6) is 0 Å². The third-order valence-corrected chi connectivity index (χ3v) is 5.87. The number of piperidine rings is 2. The third kappa shape index (κ3) is 4.93. The van der Waals surface area contributed by atoms with Crippen molar-refractivity contribution in [3.05, 3.63) is 0 Å². The highest BCUT2D eigenvalue weighted by Gasteiger charge is 2.30. The lowest BCUT2D eigenvalue weighted by Gasteiger charge is -2.35. The largest absolute Gasteiger partial charge is 0.341 e. The number of likely N-dealkylation sites (tertiary alicyclic amines) is 1. The molecule has 0 aliphatic carbocycles. The monoisotopic (exact) mass is 317 g/mol. The number of rotatable bonds is 5. The Bertz CT molecular complexity index is 438. The first-order valence-electron chi connectivity index (χ1n) is 8.04. The second kappa shape index (κ2) is 7.56. The van der Waals surface area contributed by atoms with E-state index in [2.05, 4.69) is 10.0 Å². The molecule has 0 saturated carbocycles. The van der Waals surface area contributed by atoms with E-state index in [-0.39, 0.29) is 23.7 Å². The average Bonchev–Trinajstić information content (AvgIpc) is 2.48. The first-order valence-corrected chi connectivity index (χ1v) is 9.69. The van der Waals surface area contributed by atoms with Gasteiger partial charge in [0.1, 0.15) is 0 Å². The molecule has 122 valence electrons. The highest BCUT2D eigenvalue weighted by Crippen LogP contribution is 2.16. The molecule has 0 radical (unpaired) electrons. The van der Waals surface area contributed by atoms with Gasteiger partial charge in [-0.05, 0) is 38.6 Å². The summed E-state index contributed by atoms with van der Waals surface area (Å²) in [6.07, 6.45) is 5.21. The molecule has 0 bridgehead atoms. The van der Waals surface area contributed by atoms with E-state index in [1.54, 1.807) is 0 Å². The van der Waals surface area contributed by atoms with Crippen molar-refractivity contribution in [2.45, 2.75) is 57.5 Å². The molecule has 2 heterocycles. The van der Waals surface area contributed by atoms with E-state index in [1.807, 2.05) is 11.8 Å². The summed E-state index contributed by atoms with van der Waals surface area (Å²) in [5.74, 6) is 0.363. The first kappa shape index (κ1) is 16.7. The zero-order valence-corrected chi connectivity index (χ0v) is 13.6. The maximum absolute atomic E-state index is 12.4. The summed E-state index contributed by atoms with van der Waals surface area (Å²) in [6.45, 7) is 4.08. The van der Waals surface area contributed by atoms with Crippen LogP contribution in [0.3, 0.4) is 0 Å².